The van der Waals surface area contributed by atoms with Gasteiger partial charge in [0, 0.05) is 29.9 Å². The van der Waals surface area contributed by atoms with Crippen molar-refractivity contribution >= 4 is 0 Å². The maximum atomic E-state index is 5.79. The van der Waals surface area contributed by atoms with Gasteiger partial charge in [0.1, 0.15) is 6.04 Å². The van der Waals surface area contributed by atoms with Crippen molar-refractivity contribution in [3.63, 3.8) is 0 Å². The van der Waals surface area contributed by atoms with E-state index in [1.807, 2.05) is 32.3 Å². The fourth-order valence-electron chi connectivity index (χ4n) is 3.07. The molecule has 0 bridgehead atoms. The number of nitrogens with zero attached hydrogens (tertiary/aromatic N) is 1. The molecule has 0 saturated heterocycles. The lowest BCUT2D eigenvalue weighted by Crippen LogP contribution is -2.87. The number of hydrogen-bond donors (Lipinski definition) is 1. The third-order valence-electron chi connectivity index (χ3n) is 4.00. The molecule has 0 fully saturated rings. The summed E-state index contributed by atoms with van der Waals surface area (Å²) in [6.45, 7) is 6.37. The summed E-state index contributed by atoms with van der Waals surface area (Å²) in [5.74, 6) is 1.70. The summed E-state index contributed by atoms with van der Waals surface area (Å²) in [5, 5.41) is 2.37. The first-order valence-corrected chi connectivity index (χ1v) is 7.99. The Morgan fingerprint density at radius 3 is 2.64 bits per heavy atom. The zero-order valence-corrected chi connectivity index (χ0v) is 13.2. The lowest BCUT2D eigenvalue weighted by Gasteiger charge is -2.25. The Balaban J connectivity index is 2.03. The van der Waals surface area contributed by atoms with Gasteiger partial charge in [-0.05, 0) is 43.7 Å². The van der Waals surface area contributed by atoms with Crippen LogP contribution in [0.1, 0.15) is 36.6 Å². The summed E-state index contributed by atoms with van der Waals surface area (Å²) in [6, 6.07) is 8.72. The van der Waals surface area contributed by atoms with Crippen molar-refractivity contribution < 1.29 is 14.8 Å². The molecule has 22 heavy (non-hydrogen) atoms. The van der Waals surface area contributed by atoms with Crippen LogP contribution in [0.5, 0.6) is 11.5 Å². The number of fused-ring (bicyclic) bond motifs is 1. The van der Waals surface area contributed by atoms with Crippen LogP contribution in [0.2, 0.25) is 0 Å². The molecule has 0 saturated carbocycles. The summed E-state index contributed by atoms with van der Waals surface area (Å²) in [7, 11) is 0. The largest absolute Gasteiger partial charge is 0.490 e. The highest BCUT2D eigenvalue weighted by molar-refractivity contribution is 5.50. The number of hydrogen-bond acceptors (Lipinski definition) is 3. The maximum Gasteiger partial charge on any atom is 0.161 e. The van der Waals surface area contributed by atoms with Crippen LogP contribution in [0.3, 0.4) is 0 Å². The molecule has 1 atom stereocenters. The number of rotatable bonds is 5. The van der Waals surface area contributed by atoms with Crippen LogP contribution >= 0.6 is 0 Å². The summed E-state index contributed by atoms with van der Waals surface area (Å²) < 4.78 is 11.5. The van der Waals surface area contributed by atoms with E-state index in [4.69, 9.17) is 9.47 Å². The molecular weight excluding hydrogens is 276 g/mol. The monoisotopic (exact) mass is 299 g/mol. The molecule has 1 aromatic carbocycles. The normalized spacial score (nSPS) is 16.9. The molecule has 2 N–H and O–H groups in total. The maximum absolute atomic E-state index is 5.79. The van der Waals surface area contributed by atoms with E-state index >= 15 is 0 Å². The highest BCUT2D eigenvalue weighted by Crippen LogP contribution is 2.35. The van der Waals surface area contributed by atoms with Crippen molar-refractivity contribution in [1.29, 1.82) is 0 Å². The van der Waals surface area contributed by atoms with E-state index in [1.54, 1.807) is 0 Å². The number of aromatic nitrogens is 1. The van der Waals surface area contributed by atoms with E-state index in [-0.39, 0.29) is 6.04 Å². The number of benzene rings is 1. The smallest absolute Gasteiger partial charge is 0.161 e. The Kier molecular flexibility index (Phi) is 4.59. The summed E-state index contributed by atoms with van der Waals surface area (Å²) in [6.07, 6.45) is 4.82. The molecule has 4 nitrogen and oxygen atoms in total. The zero-order chi connectivity index (χ0) is 15.4. The molecule has 1 aliphatic rings. The quantitative estimate of drug-likeness (QED) is 0.919. The second-order valence-corrected chi connectivity index (χ2v) is 5.40. The zero-order valence-electron chi connectivity index (χ0n) is 13.2. The topological polar surface area (TPSA) is 48.0 Å². The first kappa shape index (κ1) is 14.9. The Morgan fingerprint density at radius 2 is 1.95 bits per heavy atom. The highest BCUT2D eigenvalue weighted by Gasteiger charge is 2.27. The standard InChI is InChI=1S/C18H22N2O2/c1-3-21-16-10-13-7-9-20-18(14-6-5-8-19-12-14)15(13)11-17(16)22-4-2/h5-6,8,10-12,18,20H,3-4,7,9H2,1-2H3/p+1/t18-/m0/s1. The summed E-state index contributed by atoms with van der Waals surface area (Å²) in [4.78, 5) is 4.26. The van der Waals surface area contributed by atoms with Crippen LogP contribution < -0.4 is 14.8 Å². The Labute approximate surface area is 131 Å². The number of pyridine rings is 1. The molecule has 4 heteroatoms. The van der Waals surface area contributed by atoms with Gasteiger partial charge in [-0.15, -0.1) is 0 Å². The number of nitrogens with two attached hydrogens (primary N) is 1. The number of ether oxygens (including phenoxy) is 2. The molecule has 116 valence electrons. The van der Waals surface area contributed by atoms with Crippen molar-refractivity contribution in [3.05, 3.63) is 53.3 Å². The van der Waals surface area contributed by atoms with Crippen LogP contribution in [0.4, 0.5) is 0 Å². The first-order chi connectivity index (χ1) is 10.8. The van der Waals surface area contributed by atoms with E-state index in [0.717, 1.165) is 24.5 Å². The van der Waals surface area contributed by atoms with Crippen molar-refractivity contribution in [3.8, 4) is 11.5 Å². The molecule has 0 unspecified atom stereocenters. The predicted octanol–water partition coefficient (Wildman–Crippen LogP) is 2.09. The van der Waals surface area contributed by atoms with Gasteiger partial charge in [0.2, 0.25) is 0 Å². The van der Waals surface area contributed by atoms with Crippen LogP contribution in [0, 0.1) is 0 Å². The van der Waals surface area contributed by atoms with E-state index in [0.29, 0.717) is 13.2 Å². The van der Waals surface area contributed by atoms with Gasteiger partial charge in [0.25, 0.3) is 0 Å². The fraction of sp³-hybridized carbons (Fsp3) is 0.389. The van der Waals surface area contributed by atoms with Crippen LogP contribution in [0.25, 0.3) is 0 Å². The average molecular weight is 299 g/mol. The van der Waals surface area contributed by atoms with Gasteiger partial charge in [0.15, 0.2) is 11.5 Å². The minimum absolute atomic E-state index is 0.285. The molecule has 0 radical (unpaired) electrons. The van der Waals surface area contributed by atoms with Gasteiger partial charge in [-0.1, -0.05) is 0 Å². The third kappa shape index (κ3) is 2.92. The van der Waals surface area contributed by atoms with Crippen molar-refractivity contribution in [2.24, 2.45) is 0 Å². The van der Waals surface area contributed by atoms with E-state index in [9.17, 15) is 0 Å². The van der Waals surface area contributed by atoms with Crippen molar-refractivity contribution in [2.45, 2.75) is 26.3 Å². The second kappa shape index (κ2) is 6.79. The van der Waals surface area contributed by atoms with E-state index < -0.39 is 0 Å². The van der Waals surface area contributed by atoms with Gasteiger partial charge < -0.3 is 14.8 Å². The molecule has 3 rings (SSSR count). The predicted molar refractivity (Wildman–Crippen MR) is 85.4 cm³/mol. The molecular formula is C18H23N2O2+. The Morgan fingerprint density at radius 1 is 1.18 bits per heavy atom. The van der Waals surface area contributed by atoms with E-state index in [1.165, 1.54) is 16.7 Å². The molecule has 0 spiro atoms. The Hall–Kier alpha value is -2.07. The molecule has 1 aliphatic heterocycles. The van der Waals surface area contributed by atoms with Crippen LogP contribution in [-0.4, -0.2) is 24.7 Å². The lowest BCUT2D eigenvalue weighted by molar-refractivity contribution is -0.690. The summed E-state index contributed by atoms with van der Waals surface area (Å²) >= 11 is 0. The van der Waals surface area contributed by atoms with Gasteiger partial charge in [-0.25, -0.2) is 0 Å². The minimum atomic E-state index is 0.285. The van der Waals surface area contributed by atoms with Crippen LogP contribution in [-0.2, 0) is 6.42 Å². The molecule has 0 aliphatic carbocycles. The average Bonchev–Trinajstić information content (AvgIpc) is 2.56. The highest BCUT2D eigenvalue weighted by atomic mass is 16.5. The fourth-order valence-corrected chi connectivity index (χ4v) is 3.07. The Bertz CT molecular complexity index is 628. The van der Waals surface area contributed by atoms with Gasteiger partial charge in [-0.3, -0.25) is 4.98 Å². The summed E-state index contributed by atoms with van der Waals surface area (Å²) in [5.41, 5.74) is 3.89. The third-order valence-corrected chi connectivity index (χ3v) is 4.00. The molecule has 0 amide bonds. The first-order valence-electron chi connectivity index (χ1n) is 7.99. The number of quaternary nitrogens is 1. The second-order valence-electron chi connectivity index (χ2n) is 5.40. The van der Waals surface area contributed by atoms with Gasteiger partial charge in [0.05, 0.1) is 19.8 Å². The van der Waals surface area contributed by atoms with Gasteiger partial charge >= 0.3 is 0 Å². The van der Waals surface area contributed by atoms with Crippen LogP contribution in [0.15, 0.2) is 36.7 Å². The van der Waals surface area contributed by atoms with Crippen molar-refractivity contribution in [2.75, 3.05) is 19.8 Å². The van der Waals surface area contributed by atoms with Gasteiger partial charge in [-0.2, -0.15) is 0 Å². The molecule has 2 aromatic rings. The van der Waals surface area contributed by atoms with Crippen molar-refractivity contribution in [1.82, 2.24) is 4.98 Å². The minimum Gasteiger partial charge on any atom is -0.490 e. The molecule has 2 heterocycles. The molecule has 1 aromatic heterocycles. The lowest BCUT2D eigenvalue weighted by atomic mass is 9.90. The SMILES string of the molecule is CCOc1cc2c(cc1OCC)[C@H](c1cccnc1)[NH2+]CC2. The van der Waals surface area contributed by atoms with E-state index in [2.05, 4.69) is 28.5 Å².